The summed E-state index contributed by atoms with van der Waals surface area (Å²) in [7, 11) is 0. The van der Waals surface area contributed by atoms with Crippen molar-refractivity contribution < 1.29 is 19.5 Å². The molecule has 2 aliphatic rings. The Morgan fingerprint density at radius 1 is 1.02 bits per heavy atom. The Kier molecular flexibility index (Phi) is 13.9. The first kappa shape index (κ1) is 35.2. The van der Waals surface area contributed by atoms with Gasteiger partial charge in [0.05, 0.1) is 23.4 Å². The van der Waals surface area contributed by atoms with E-state index in [2.05, 4.69) is 26.3 Å². The lowest BCUT2D eigenvalue weighted by atomic mass is 10.1. The number of pyridine rings is 1. The predicted molar refractivity (Wildman–Crippen MR) is 170 cm³/mol. The van der Waals surface area contributed by atoms with Gasteiger partial charge in [-0.25, -0.2) is 0 Å². The molecule has 0 bridgehead atoms. The molecule has 13 heteroatoms. The summed E-state index contributed by atoms with van der Waals surface area (Å²) in [5, 5.41) is 23.6. The number of carbonyl (C=O) groups excluding carboxylic acids is 3. The first-order chi connectivity index (χ1) is 19.0. The van der Waals surface area contributed by atoms with Crippen molar-refractivity contribution >= 4 is 71.5 Å². The van der Waals surface area contributed by atoms with Crippen molar-refractivity contribution in [2.75, 3.05) is 31.5 Å². The zero-order valence-corrected chi connectivity index (χ0v) is 25.4. The molecule has 228 valence electrons. The van der Waals surface area contributed by atoms with Crippen molar-refractivity contribution in [2.24, 2.45) is 0 Å². The number of amides is 3. The highest BCUT2D eigenvalue weighted by Gasteiger charge is 2.42. The number of aliphatic hydroxyl groups excluding tert-OH is 1. The van der Waals surface area contributed by atoms with Gasteiger partial charge in [-0.15, -0.1) is 37.2 Å². The molecule has 5 N–H and O–H groups in total. The van der Waals surface area contributed by atoms with Crippen LogP contribution >= 0.6 is 37.2 Å². The number of piperazine rings is 1. The average Bonchev–Trinajstić information content (AvgIpc) is 3.40. The second-order valence-electron chi connectivity index (χ2n) is 10.1. The number of aromatic nitrogens is 1. The van der Waals surface area contributed by atoms with Gasteiger partial charge in [0.2, 0.25) is 17.7 Å². The largest absolute Gasteiger partial charge is 0.383 e. The van der Waals surface area contributed by atoms with Crippen molar-refractivity contribution in [3.05, 3.63) is 72.4 Å². The predicted octanol–water partition coefficient (Wildman–Crippen LogP) is 2.08. The van der Waals surface area contributed by atoms with Gasteiger partial charge in [0.1, 0.15) is 12.1 Å². The molecular weight excluding hydrogens is 603 g/mol. The third-order valence-corrected chi connectivity index (χ3v) is 7.28. The maximum Gasteiger partial charge on any atom is 0.249 e. The molecule has 2 aliphatic heterocycles. The van der Waals surface area contributed by atoms with E-state index in [1.807, 2.05) is 60.7 Å². The summed E-state index contributed by atoms with van der Waals surface area (Å²) in [6.07, 6.45) is 1.50. The third kappa shape index (κ3) is 8.76. The molecule has 0 aliphatic carbocycles. The molecule has 3 aromatic rings. The van der Waals surface area contributed by atoms with Crippen LogP contribution in [0.2, 0.25) is 0 Å². The van der Waals surface area contributed by atoms with Gasteiger partial charge in [-0.05, 0) is 37.0 Å². The Labute approximate surface area is 263 Å². The quantitative estimate of drug-likeness (QED) is 0.255. The third-order valence-electron chi connectivity index (χ3n) is 7.28. The van der Waals surface area contributed by atoms with E-state index >= 15 is 0 Å². The number of aryl methyl sites for hydroxylation is 1. The number of aliphatic hydroxyl groups is 1. The van der Waals surface area contributed by atoms with E-state index in [-0.39, 0.29) is 68.4 Å². The summed E-state index contributed by atoms with van der Waals surface area (Å²) >= 11 is 0. The van der Waals surface area contributed by atoms with Crippen molar-refractivity contribution in [1.29, 1.82) is 0 Å². The summed E-state index contributed by atoms with van der Waals surface area (Å²) in [6, 6.07) is 17.4. The summed E-state index contributed by atoms with van der Waals surface area (Å²) in [5.41, 5.74) is 2.39. The highest BCUT2D eigenvalue weighted by Crippen LogP contribution is 2.23. The molecule has 0 radical (unpaired) electrons. The number of nitrogens with zero attached hydrogens (tertiary/aromatic N) is 2. The Hall–Kier alpha value is -2.99. The van der Waals surface area contributed by atoms with Gasteiger partial charge >= 0.3 is 0 Å². The minimum Gasteiger partial charge on any atom is -0.383 e. The van der Waals surface area contributed by atoms with E-state index in [1.165, 1.54) is 4.90 Å². The van der Waals surface area contributed by atoms with Crippen LogP contribution in [0.5, 0.6) is 0 Å². The molecule has 0 saturated carbocycles. The smallest absolute Gasteiger partial charge is 0.249 e. The van der Waals surface area contributed by atoms with Crippen molar-refractivity contribution in [1.82, 2.24) is 25.8 Å². The van der Waals surface area contributed by atoms with Gasteiger partial charge in [-0.1, -0.05) is 48.5 Å². The lowest BCUT2D eigenvalue weighted by Gasteiger charge is -2.31. The van der Waals surface area contributed by atoms with E-state index in [9.17, 15) is 19.5 Å². The molecule has 2 fully saturated rings. The summed E-state index contributed by atoms with van der Waals surface area (Å²) in [6.45, 7) is 2.07. The number of para-hydroxylation sites is 1. The molecule has 2 aromatic carbocycles. The minimum atomic E-state index is -1.19. The molecule has 10 nitrogen and oxygen atoms in total. The zero-order chi connectivity index (χ0) is 27.2. The van der Waals surface area contributed by atoms with Crippen LogP contribution in [0.25, 0.3) is 10.9 Å². The van der Waals surface area contributed by atoms with Gasteiger partial charge in [0, 0.05) is 37.6 Å². The summed E-state index contributed by atoms with van der Waals surface area (Å²) in [5.74, 6) is -1.04. The molecule has 1 unspecified atom stereocenters. The first-order valence-corrected chi connectivity index (χ1v) is 13.4. The second kappa shape index (κ2) is 16.6. The number of hydrogen-bond acceptors (Lipinski definition) is 7. The fourth-order valence-electron chi connectivity index (χ4n) is 5.20. The fourth-order valence-corrected chi connectivity index (χ4v) is 5.20. The lowest BCUT2D eigenvalue weighted by Crippen LogP contribution is -2.58. The van der Waals surface area contributed by atoms with Crippen molar-refractivity contribution in [3.8, 4) is 0 Å². The van der Waals surface area contributed by atoms with Crippen LogP contribution in [0.4, 0.5) is 5.69 Å². The maximum absolute atomic E-state index is 13.4. The lowest BCUT2D eigenvalue weighted by molar-refractivity contribution is -0.138. The van der Waals surface area contributed by atoms with Gasteiger partial charge in [-0.2, -0.15) is 0 Å². The molecule has 1 aromatic heterocycles. The monoisotopic (exact) mass is 638 g/mol. The normalized spacial score (nSPS) is 20.3. The highest BCUT2D eigenvalue weighted by atomic mass is 35.5. The minimum absolute atomic E-state index is 0. The van der Waals surface area contributed by atoms with Crippen LogP contribution in [0.1, 0.15) is 18.4 Å². The Morgan fingerprint density at radius 2 is 1.76 bits per heavy atom. The number of benzene rings is 2. The van der Waals surface area contributed by atoms with E-state index < -0.39 is 30.1 Å². The van der Waals surface area contributed by atoms with Crippen LogP contribution in [0.3, 0.4) is 0 Å². The molecule has 2 saturated heterocycles. The maximum atomic E-state index is 13.4. The second-order valence-corrected chi connectivity index (χ2v) is 10.1. The van der Waals surface area contributed by atoms with E-state index in [4.69, 9.17) is 0 Å². The molecule has 42 heavy (non-hydrogen) atoms. The molecule has 5 rings (SSSR count). The van der Waals surface area contributed by atoms with Crippen molar-refractivity contribution in [2.45, 2.75) is 43.5 Å². The zero-order valence-electron chi connectivity index (χ0n) is 22.9. The van der Waals surface area contributed by atoms with E-state index in [1.54, 1.807) is 6.20 Å². The van der Waals surface area contributed by atoms with Gasteiger partial charge in [-0.3, -0.25) is 19.4 Å². The number of anilines is 1. The van der Waals surface area contributed by atoms with E-state index in [0.29, 0.717) is 25.2 Å². The first-order valence-electron chi connectivity index (χ1n) is 13.4. The van der Waals surface area contributed by atoms with Crippen LogP contribution in [0.15, 0.2) is 66.9 Å². The van der Waals surface area contributed by atoms with Crippen LogP contribution in [-0.2, 0) is 20.8 Å². The molecule has 0 spiro atoms. The summed E-state index contributed by atoms with van der Waals surface area (Å²) < 4.78 is 0. The number of carbonyl (C=O) groups is 3. The van der Waals surface area contributed by atoms with E-state index in [0.717, 1.165) is 23.0 Å². The Bertz CT molecular complexity index is 1330. The summed E-state index contributed by atoms with van der Waals surface area (Å²) in [4.78, 5) is 45.6. The Morgan fingerprint density at radius 3 is 2.50 bits per heavy atom. The number of nitrogens with one attached hydrogen (secondary N) is 4. The fraction of sp³-hybridized carbons (Fsp3) is 0.379. The van der Waals surface area contributed by atoms with Gasteiger partial charge < -0.3 is 31.3 Å². The van der Waals surface area contributed by atoms with Crippen molar-refractivity contribution in [3.63, 3.8) is 0 Å². The number of likely N-dealkylation sites (tertiary alicyclic amines) is 1. The topological polar surface area (TPSA) is 136 Å². The van der Waals surface area contributed by atoms with Crippen LogP contribution in [0, 0.1) is 0 Å². The number of halogens is 3. The molecular formula is C29H37Cl3N6O4. The number of rotatable bonds is 8. The van der Waals surface area contributed by atoms with Crippen LogP contribution in [-0.4, -0.2) is 83.1 Å². The number of fused-ring (bicyclic) bond motifs is 1. The van der Waals surface area contributed by atoms with Gasteiger partial charge in [0.25, 0.3) is 0 Å². The highest BCUT2D eigenvalue weighted by molar-refractivity contribution is 5.99. The SMILES string of the molecule is Cl.Cl.Cl.O=C(N[C@@H]1C[C@@H](C(=O)Nc2cnc3ccccc3c2)N(C(=O)C2CNCCN2)C1)[C@H](O)CCc1ccccc1. The molecule has 3 heterocycles. The van der Waals surface area contributed by atoms with Gasteiger partial charge in [0.15, 0.2) is 0 Å². The average molecular weight is 640 g/mol. The standard InChI is InChI=1S/C29H34N6O4.3ClH/c36-26(11-10-19-6-2-1-3-7-19)28(38)34-22-15-25(35(18-22)29(39)24-17-30-12-13-31-24)27(37)33-21-14-20-8-4-5-9-23(20)32-16-21;;;/h1-9,14,16,22,24-26,30-31,36H,10-13,15,17-18H2,(H,33,37)(H,34,38);3*1H/t22-,24?,25+,26-;;;/m1.../s1. The molecule has 4 atom stereocenters. The Balaban J connectivity index is 0.00000205. The molecule has 3 amide bonds. The van der Waals surface area contributed by atoms with Crippen LogP contribution < -0.4 is 21.3 Å². The number of hydrogen-bond donors (Lipinski definition) is 5.